The summed E-state index contributed by atoms with van der Waals surface area (Å²) in [6, 6.07) is 8.53. The number of carbonyl (C=O) groups excluding carboxylic acids is 1. The number of benzene rings is 2. The van der Waals surface area contributed by atoms with Gasteiger partial charge in [-0.15, -0.1) is 0 Å². The first-order chi connectivity index (χ1) is 12.9. The zero-order chi connectivity index (χ0) is 19.6. The molecule has 3 aromatic rings. The third-order valence-electron chi connectivity index (χ3n) is 3.79. The monoisotopic (exact) mass is 386 g/mol. The molecule has 0 fully saturated rings. The number of fused-ring (bicyclic) bond motifs is 1. The van der Waals surface area contributed by atoms with E-state index in [0.29, 0.717) is 16.9 Å². The second kappa shape index (κ2) is 7.67. The van der Waals surface area contributed by atoms with Gasteiger partial charge in [-0.05, 0) is 49.2 Å². The number of phenolic OH excluding ortho intramolecular Hbond substituents is 1. The summed E-state index contributed by atoms with van der Waals surface area (Å²) in [5, 5.41) is 15.5. The molecule has 0 saturated carbocycles. The molecule has 8 heteroatoms. The van der Waals surface area contributed by atoms with Crippen molar-refractivity contribution in [3.8, 4) is 22.6 Å². The summed E-state index contributed by atoms with van der Waals surface area (Å²) in [5.41, 5.74) is 2.87. The first-order valence-corrected chi connectivity index (χ1v) is 8.66. The Labute approximate surface area is 161 Å². The van der Waals surface area contributed by atoms with Gasteiger partial charge in [0.25, 0.3) is 0 Å². The maximum absolute atomic E-state index is 11.8. The molecule has 1 aromatic heterocycles. The van der Waals surface area contributed by atoms with Crippen LogP contribution in [0.3, 0.4) is 0 Å². The number of nitrogens with one attached hydrogen (secondary N) is 2. The summed E-state index contributed by atoms with van der Waals surface area (Å²) in [6.07, 6.45) is 1.50. The largest absolute Gasteiger partial charge is 0.503 e. The Balaban J connectivity index is 1.97. The van der Waals surface area contributed by atoms with E-state index in [4.69, 9.17) is 16.3 Å². The number of ether oxygens (including phenoxy) is 1. The van der Waals surface area contributed by atoms with Crippen LogP contribution in [-0.2, 0) is 0 Å². The number of methoxy groups -OCH3 is 1. The lowest BCUT2D eigenvalue weighted by Gasteiger charge is -2.11. The molecule has 140 valence electrons. The number of carbonyl (C=O) groups is 1. The van der Waals surface area contributed by atoms with Crippen LogP contribution in [0.2, 0.25) is 5.02 Å². The number of halogens is 1. The number of aromatic hydroxyl groups is 1. The normalized spacial score (nSPS) is 10.9. The molecule has 0 aliphatic carbocycles. The molecular weight excluding hydrogens is 368 g/mol. The Morgan fingerprint density at radius 1 is 1.19 bits per heavy atom. The van der Waals surface area contributed by atoms with Gasteiger partial charge in [-0.25, -0.2) is 9.78 Å². The minimum atomic E-state index is -0.343. The highest BCUT2D eigenvalue weighted by Gasteiger charge is 2.12. The highest BCUT2D eigenvalue weighted by Crippen LogP contribution is 2.38. The van der Waals surface area contributed by atoms with Gasteiger partial charge in [-0.2, -0.15) is 0 Å². The zero-order valence-corrected chi connectivity index (χ0v) is 15.8. The number of amides is 2. The summed E-state index contributed by atoms with van der Waals surface area (Å²) < 4.78 is 5.15. The molecule has 27 heavy (non-hydrogen) atoms. The predicted molar refractivity (Wildman–Crippen MR) is 105 cm³/mol. The van der Waals surface area contributed by atoms with Crippen molar-refractivity contribution >= 4 is 34.5 Å². The van der Waals surface area contributed by atoms with Gasteiger partial charge in [0, 0.05) is 6.04 Å². The van der Waals surface area contributed by atoms with E-state index in [2.05, 4.69) is 20.6 Å². The molecule has 7 nitrogen and oxygen atoms in total. The average Bonchev–Trinajstić information content (AvgIpc) is 2.62. The molecule has 1 heterocycles. The molecule has 0 spiro atoms. The number of hydrogen-bond donors (Lipinski definition) is 3. The number of urea groups is 1. The topological polar surface area (TPSA) is 96.4 Å². The molecule has 0 aliphatic heterocycles. The number of phenols is 1. The van der Waals surface area contributed by atoms with Crippen molar-refractivity contribution in [2.45, 2.75) is 19.9 Å². The van der Waals surface area contributed by atoms with Gasteiger partial charge in [0.15, 0.2) is 17.3 Å². The second-order valence-electron chi connectivity index (χ2n) is 6.22. The van der Waals surface area contributed by atoms with E-state index >= 15 is 0 Å². The van der Waals surface area contributed by atoms with Crippen LogP contribution in [0.15, 0.2) is 36.5 Å². The van der Waals surface area contributed by atoms with Crippen molar-refractivity contribution in [1.29, 1.82) is 0 Å². The fourth-order valence-electron chi connectivity index (χ4n) is 2.56. The molecule has 0 unspecified atom stereocenters. The third kappa shape index (κ3) is 4.20. The number of aromatic nitrogens is 2. The maximum Gasteiger partial charge on any atom is 0.320 e. The van der Waals surface area contributed by atoms with Crippen molar-refractivity contribution in [3.05, 3.63) is 41.6 Å². The lowest BCUT2D eigenvalue weighted by atomic mass is 10.0. The van der Waals surface area contributed by atoms with Crippen molar-refractivity contribution in [1.82, 2.24) is 15.3 Å². The highest BCUT2D eigenvalue weighted by molar-refractivity contribution is 6.32. The van der Waals surface area contributed by atoms with Crippen molar-refractivity contribution < 1.29 is 14.6 Å². The second-order valence-corrected chi connectivity index (χ2v) is 6.63. The van der Waals surface area contributed by atoms with Gasteiger partial charge in [0.05, 0.1) is 29.4 Å². The van der Waals surface area contributed by atoms with Gasteiger partial charge in [-0.3, -0.25) is 10.3 Å². The van der Waals surface area contributed by atoms with Gasteiger partial charge >= 0.3 is 6.03 Å². The molecule has 0 radical (unpaired) electrons. The highest BCUT2D eigenvalue weighted by atomic mass is 35.5. The zero-order valence-electron chi connectivity index (χ0n) is 15.1. The number of rotatable bonds is 4. The van der Waals surface area contributed by atoms with Gasteiger partial charge in [-0.1, -0.05) is 17.7 Å². The van der Waals surface area contributed by atoms with Gasteiger partial charge in [0.2, 0.25) is 0 Å². The van der Waals surface area contributed by atoms with Crippen LogP contribution < -0.4 is 15.4 Å². The lowest BCUT2D eigenvalue weighted by molar-refractivity contribution is 0.250. The summed E-state index contributed by atoms with van der Waals surface area (Å²) in [5.74, 6) is 0.523. The van der Waals surface area contributed by atoms with E-state index < -0.39 is 0 Å². The third-order valence-corrected chi connectivity index (χ3v) is 4.07. The Hall–Kier alpha value is -3.06. The van der Waals surface area contributed by atoms with Crippen molar-refractivity contribution in [2.24, 2.45) is 0 Å². The molecule has 3 rings (SSSR count). The molecular formula is C19H19ClN4O3. The van der Waals surface area contributed by atoms with E-state index in [1.807, 2.05) is 32.0 Å². The number of anilines is 1. The smallest absolute Gasteiger partial charge is 0.320 e. The molecule has 0 bridgehead atoms. The van der Waals surface area contributed by atoms with Gasteiger partial charge in [0.1, 0.15) is 0 Å². The van der Waals surface area contributed by atoms with Crippen LogP contribution in [0.5, 0.6) is 11.5 Å². The quantitative estimate of drug-likeness (QED) is 0.624. The standard InChI is InChI=1S/C19H19ClN4O3/c1-10(2)22-19(26)24-17-9-21-14-5-4-11(7-15(14)23-17)12-6-13(20)18(25)16(8-12)27-3/h4-10,25H,1-3H3,(H2,22,23,24,26). The molecule has 3 N–H and O–H groups in total. The van der Waals surface area contributed by atoms with Crippen LogP contribution in [-0.4, -0.2) is 34.3 Å². The molecule has 2 amide bonds. The Morgan fingerprint density at radius 2 is 1.96 bits per heavy atom. The lowest BCUT2D eigenvalue weighted by Crippen LogP contribution is -2.34. The predicted octanol–water partition coefficient (Wildman–Crippen LogP) is 4.19. The average molecular weight is 387 g/mol. The Morgan fingerprint density at radius 3 is 2.67 bits per heavy atom. The van der Waals surface area contributed by atoms with Crippen LogP contribution in [0.1, 0.15) is 13.8 Å². The van der Waals surface area contributed by atoms with Crippen LogP contribution in [0.4, 0.5) is 10.6 Å². The Kier molecular flexibility index (Phi) is 5.32. The minimum Gasteiger partial charge on any atom is -0.503 e. The molecule has 0 atom stereocenters. The number of hydrogen-bond acceptors (Lipinski definition) is 5. The van der Waals surface area contributed by atoms with E-state index in [1.165, 1.54) is 13.3 Å². The van der Waals surface area contributed by atoms with E-state index in [1.54, 1.807) is 12.1 Å². The van der Waals surface area contributed by atoms with Crippen LogP contribution >= 0.6 is 11.6 Å². The maximum atomic E-state index is 11.8. The molecule has 0 aliphatic rings. The summed E-state index contributed by atoms with van der Waals surface area (Å²) in [6.45, 7) is 3.74. The minimum absolute atomic E-state index is 0.0132. The van der Waals surface area contributed by atoms with Gasteiger partial charge < -0.3 is 15.2 Å². The summed E-state index contributed by atoms with van der Waals surface area (Å²) >= 11 is 6.08. The Bertz CT molecular complexity index is 1010. The van der Waals surface area contributed by atoms with Crippen LogP contribution in [0.25, 0.3) is 22.2 Å². The first-order valence-electron chi connectivity index (χ1n) is 8.28. The fourth-order valence-corrected chi connectivity index (χ4v) is 2.77. The number of nitrogens with zero attached hydrogens (tertiary/aromatic N) is 2. The summed E-state index contributed by atoms with van der Waals surface area (Å²) in [7, 11) is 1.46. The fraction of sp³-hybridized carbons (Fsp3) is 0.211. The molecule has 2 aromatic carbocycles. The summed E-state index contributed by atoms with van der Waals surface area (Å²) in [4.78, 5) is 20.6. The molecule has 0 saturated heterocycles. The first kappa shape index (κ1) is 18.7. The SMILES string of the molecule is COc1cc(-c2ccc3ncc(NC(=O)NC(C)C)nc3c2)cc(Cl)c1O. The van der Waals surface area contributed by atoms with Crippen molar-refractivity contribution in [2.75, 3.05) is 12.4 Å². The van der Waals surface area contributed by atoms with E-state index in [0.717, 1.165) is 11.1 Å². The van der Waals surface area contributed by atoms with Crippen LogP contribution in [0, 0.1) is 0 Å². The van der Waals surface area contributed by atoms with Crippen molar-refractivity contribution in [3.63, 3.8) is 0 Å². The van der Waals surface area contributed by atoms with E-state index in [-0.39, 0.29) is 28.6 Å². The van der Waals surface area contributed by atoms with E-state index in [9.17, 15) is 9.90 Å².